The molecule has 1 aliphatic rings. The van der Waals surface area contributed by atoms with Crippen molar-refractivity contribution in [1.29, 1.82) is 0 Å². The Morgan fingerprint density at radius 1 is 1.25 bits per heavy atom. The number of fused-ring (bicyclic) bond motifs is 1. The molecular weight excluding hydrogens is 311 g/mol. The zero-order chi connectivity index (χ0) is 17.3. The van der Waals surface area contributed by atoms with Crippen LogP contribution in [0.2, 0.25) is 0 Å². The van der Waals surface area contributed by atoms with Gasteiger partial charge in [-0.25, -0.2) is 4.39 Å². The van der Waals surface area contributed by atoms with Crippen LogP contribution in [0.25, 0.3) is 0 Å². The summed E-state index contributed by atoms with van der Waals surface area (Å²) in [6.07, 6.45) is 0.789. The number of nitrogen functional groups attached to an aromatic ring is 1. The second-order valence-corrected chi connectivity index (χ2v) is 5.60. The summed E-state index contributed by atoms with van der Waals surface area (Å²) < 4.78 is 18.8. The number of methoxy groups -OCH3 is 1. The molecule has 6 heteroatoms. The molecule has 2 aromatic carbocycles. The van der Waals surface area contributed by atoms with Gasteiger partial charge in [0, 0.05) is 30.3 Å². The molecule has 1 aliphatic heterocycles. The van der Waals surface area contributed by atoms with Crippen LogP contribution < -0.4 is 15.4 Å². The quantitative estimate of drug-likeness (QED) is 0.860. The summed E-state index contributed by atoms with van der Waals surface area (Å²) >= 11 is 0. The lowest BCUT2D eigenvalue weighted by Crippen LogP contribution is -2.32. The van der Waals surface area contributed by atoms with Gasteiger partial charge in [-0.05, 0) is 36.8 Å². The molecular formula is C18H17FN2O3. The third-order valence-electron chi connectivity index (χ3n) is 4.04. The number of nitrogens with two attached hydrogens (primary N) is 1. The van der Waals surface area contributed by atoms with Gasteiger partial charge < -0.3 is 15.4 Å². The highest BCUT2D eigenvalue weighted by Gasteiger charge is 2.27. The van der Waals surface area contributed by atoms with Gasteiger partial charge in [-0.15, -0.1) is 0 Å². The first kappa shape index (κ1) is 16.0. The molecule has 24 heavy (non-hydrogen) atoms. The van der Waals surface area contributed by atoms with E-state index < -0.39 is 5.82 Å². The molecule has 1 heterocycles. The van der Waals surface area contributed by atoms with Gasteiger partial charge in [-0.2, -0.15) is 0 Å². The summed E-state index contributed by atoms with van der Waals surface area (Å²) in [6, 6.07) is 8.68. The fraction of sp³-hybridized carbons (Fsp3) is 0.222. The van der Waals surface area contributed by atoms with E-state index in [0.717, 1.165) is 0 Å². The standard InChI is InChI=1S/C18H17FN2O3/c1-24-17-10-12(20)5-6-13(17)18(23)21-8-2-3-16(22)14-9-11(19)4-7-15(14)21/h4-7,9-10H,2-3,8,20H2,1H3. The third-order valence-corrected chi connectivity index (χ3v) is 4.04. The number of anilines is 2. The highest BCUT2D eigenvalue weighted by molar-refractivity contribution is 6.12. The molecule has 0 fully saturated rings. The Hall–Kier alpha value is -2.89. The molecule has 0 aromatic heterocycles. The monoisotopic (exact) mass is 328 g/mol. The van der Waals surface area contributed by atoms with Crippen molar-refractivity contribution in [2.75, 3.05) is 24.3 Å². The van der Waals surface area contributed by atoms with E-state index in [1.165, 1.54) is 30.2 Å². The normalized spacial score (nSPS) is 14.1. The van der Waals surface area contributed by atoms with Gasteiger partial charge in [0.05, 0.1) is 18.4 Å². The van der Waals surface area contributed by atoms with E-state index in [4.69, 9.17) is 10.5 Å². The molecule has 0 aliphatic carbocycles. The number of hydrogen-bond donors (Lipinski definition) is 1. The second kappa shape index (κ2) is 6.31. The fourth-order valence-electron chi connectivity index (χ4n) is 2.86. The zero-order valence-corrected chi connectivity index (χ0v) is 13.2. The number of carbonyl (C=O) groups excluding carboxylic acids is 2. The summed E-state index contributed by atoms with van der Waals surface area (Å²) in [5.41, 5.74) is 7.20. The van der Waals surface area contributed by atoms with Crippen molar-refractivity contribution in [1.82, 2.24) is 0 Å². The maximum absolute atomic E-state index is 13.5. The Kier molecular flexibility index (Phi) is 4.20. The molecule has 0 bridgehead atoms. The lowest BCUT2D eigenvalue weighted by Gasteiger charge is -2.23. The number of carbonyl (C=O) groups is 2. The lowest BCUT2D eigenvalue weighted by atomic mass is 10.1. The maximum Gasteiger partial charge on any atom is 0.262 e. The molecule has 0 atom stereocenters. The molecule has 3 rings (SSSR count). The van der Waals surface area contributed by atoms with E-state index >= 15 is 0 Å². The number of Topliss-reactive ketones (excluding diaryl/α,β-unsaturated/α-hetero) is 1. The van der Waals surface area contributed by atoms with Gasteiger partial charge in [0.15, 0.2) is 5.78 Å². The first-order valence-electron chi connectivity index (χ1n) is 7.59. The number of ether oxygens (including phenoxy) is 1. The second-order valence-electron chi connectivity index (χ2n) is 5.60. The molecule has 124 valence electrons. The van der Waals surface area contributed by atoms with Crippen molar-refractivity contribution in [3.05, 3.63) is 53.3 Å². The summed E-state index contributed by atoms with van der Waals surface area (Å²) in [6.45, 7) is 0.372. The van der Waals surface area contributed by atoms with E-state index in [1.807, 2.05) is 0 Å². The fourth-order valence-corrected chi connectivity index (χ4v) is 2.86. The van der Waals surface area contributed by atoms with Crippen LogP contribution in [0.3, 0.4) is 0 Å². The number of halogens is 1. The Morgan fingerprint density at radius 2 is 2.04 bits per heavy atom. The van der Waals surface area contributed by atoms with Crippen molar-refractivity contribution in [3.8, 4) is 5.75 Å². The van der Waals surface area contributed by atoms with Crippen molar-refractivity contribution in [3.63, 3.8) is 0 Å². The van der Waals surface area contributed by atoms with Crippen LogP contribution in [0.5, 0.6) is 5.75 Å². The van der Waals surface area contributed by atoms with Crippen LogP contribution in [0, 0.1) is 5.82 Å². The first-order chi connectivity index (χ1) is 11.5. The minimum atomic E-state index is -0.499. The number of rotatable bonds is 2. The smallest absolute Gasteiger partial charge is 0.262 e. The van der Waals surface area contributed by atoms with E-state index in [0.29, 0.717) is 35.7 Å². The Bertz CT molecular complexity index is 820. The van der Waals surface area contributed by atoms with Crippen LogP contribution in [-0.4, -0.2) is 25.3 Å². The van der Waals surface area contributed by atoms with Crippen LogP contribution >= 0.6 is 0 Å². The molecule has 0 saturated heterocycles. The molecule has 0 spiro atoms. The summed E-state index contributed by atoms with van der Waals surface area (Å²) in [4.78, 5) is 26.7. The number of ketones is 1. The average molecular weight is 328 g/mol. The molecule has 5 nitrogen and oxygen atoms in total. The average Bonchev–Trinajstić information content (AvgIpc) is 2.73. The topological polar surface area (TPSA) is 72.6 Å². The Balaban J connectivity index is 2.08. The van der Waals surface area contributed by atoms with Crippen molar-refractivity contribution in [2.45, 2.75) is 12.8 Å². The molecule has 2 aromatic rings. The minimum absolute atomic E-state index is 0.163. The molecule has 1 amide bonds. The highest BCUT2D eigenvalue weighted by atomic mass is 19.1. The van der Waals surface area contributed by atoms with Crippen molar-refractivity contribution < 1.29 is 18.7 Å². The van der Waals surface area contributed by atoms with Gasteiger partial charge in [-0.1, -0.05) is 0 Å². The van der Waals surface area contributed by atoms with E-state index in [2.05, 4.69) is 0 Å². The van der Waals surface area contributed by atoms with Crippen LogP contribution in [-0.2, 0) is 0 Å². The maximum atomic E-state index is 13.5. The van der Waals surface area contributed by atoms with Gasteiger partial charge >= 0.3 is 0 Å². The van der Waals surface area contributed by atoms with Gasteiger partial charge in [0.25, 0.3) is 5.91 Å². The van der Waals surface area contributed by atoms with E-state index in [9.17, 15) is 14.0 Å². The van der Waals surface area contributed by atoms with Gasteiger partial charge in [0.2, 0.25) is 0 Å². The number of amides is 1. The first-order valence-corrected chi connectivity index (χ1v) is 7.59. The van der Waals surface area contributed by atoms with Crippen LogP contribution in [0.1, 0.15) is 33.6 Å². The zero-order valence-electron chi connectivity index (χ0n) is 13.2. The summed E-state index contributed by atoms with van der Waals surface area (Å²) in [5.74, 6) is -0.612. The molecule has 0 unspecified atom stereocenters. The van der Waals surface area contributed by atoms with E-state index in [1.54, 1.807) is 18.2 Å². The van der Waals surface area contributed by atoms with Crippen LogP contribution in [0.15, 0.2) is 36.4 Å². The van der Waals surface area contributed by atoms with Gasteiger partial charge in [-0.3, -0.25) is 9.59 Å². The van der Waals surface area contributed by atoms with Gasteiger partial charge in [0.1, 0.15) is 11.6 Å². The molecule has 0 saturated carbocycles. The Labute approximate surface area is 138 Å². The molecule has 0 radical (unpaired) electrons. The van der Waals surface area contributed by atoms with Crippen molar-refractivity contribution in [2.24, 2.45) is 0 Å². The van der Waals surface area contributed by atoms with Crippen molar-refractivity contribution >= 4 is 23.1 Å². The SMILES string of the molecule is COc1cc(N)ccc1C(=O)N1CCCC(=O)c2cc(F)ccc21. The predicted octanol–water partition coefficient (Wildman–Crippen LogP) is 3.04. The minimum Gasteiger partial charge on any atom is -0.496 e. The lowest BCUT2D eigenvalue weighted by molar-refractivity contribution is 0.0972. The number of hydrogen-bond acceptors (Lipinski definition) is 4. The Morgan fingerprint density at radius 3 is 2.79 bits per heavy atom. The predicted molar refractivity (Wildman–Crippen MR) is 89.0 cm³/mol. The number of nitrogens with zero attached hydrogens (tertiary/aromatic N) is 1. The third kappa shape index (κ3) is 2.82. The largest absolute Gasteiger partial charge is 0.496 e. The highest BCUT2D eigenvalue weighted by Crippen LogP contribution is 2.31. The molecule has 2 N–H and O–H groups in total. The van der Waals surface area contributed by atoms with Crippen LogP contribution in [0.4, 0.5) is 15.8 Å². The van der Waals surface area contributed by atoms with E-state index in [-0.39, 0.29) is 23.7 Å². The summed E-state index contributed by atoms with van der Waals surface area (Å²) in [5, 5.41) is 0. The summed E-state index contributed by atoms with van der Waals surface area (Å²) in [7, 11) is 1.46. The number of benzene rings is 2.